The first-order valence-corrected chi connectivity index (χ1v) is 16.0. The van der Waals surface area contributed by atoms with Gasteiger partial charge in [0.05, 0.1) is 25.7 Å². The van der Waals surface area contributed by atoms with Crippen LogP contribution in [0, 0.1) is 29.2 Å². The summed E-state index contributed by atoms with van der Waals surface area (Å²) in [7, 11) is -4.16. The van der Waals surface area contributed by atoms with Gasteiger partial charge in [-0.25, -0.2) is 8.78 Å². The van der Waals surface area contributed by atoms with E-state index in [0.717, 1.165) is 22.3 Å². The van der Waals surface area contributed by atoms with Crippen LogP contribution in [-0.4, -0.2) is 52.5 Å². The topological polar surface area (TPSA) is 108 Å². The highest BCUT2D eigenvalue weighted by Gasteiger charge is 2.54. The van der Waals surface area contributed by atoms with Crippen molar-refractivity contribution in [3.05, 3.63) is 124 Å². The molecule has 0 saturated heterocycles. The molecule has 13 heteroatoms. The van der Waals surface area contributed by atoms with E-state index in [1.807, 2.05) is 36.4 Å². The van der Waals surface area contributed by atoms with Gasteiger partial charge in [0.1, 0.15) is 12.4 Å². The number of para-hydroxylation sites is 1. The maximum absolute atomic E-state index is 15.1. The Morgan fingerprint density at radius 1 is 0.702 bits per heavy atom. The van der Waals surface area contributed by atoms with Crippen LogP contribution in [0.5, 0.6) is 11.5 Å². The van der Waals surface area contributed by atoms with Crippen LogP contribution >= 0.6 is 0 Å². The summed E-state index contributed by atoms with van der Waals surface area (Å²) in [5.74, 6) is -15.2. The Morgan fingerprint density at radius 3 is 1.72 bits per heavy atom. The van der Waals surface area contributed by atoms with Crippen molar-refractivity contribution in [2.75, 3.05) is 33.5 Å². The number of rotatable bonds is 11. The standard InChI is InChI=1S/C34H28F4O8S/c1-43-14-15-44-16-17-45-23-13-7-6-12-22(23)26-24-18-8-2-4-10-20(18)25(21-11-5-3-9-19(21)24)27(26)34(39)46-32-28(35)30(37)33(47(40,41)42)31(38)29(32)36/h2-13,24-27H,14-17H2,1H3,(H,40,41,42). The number of ether oxygens (including phenoxy) is 4. The molecule has 0 saturated carbocycles. The van der Waals surface area contributed by atoms with E-state index < -0.39 is 73.7 Å². The second kappa shape index (κ2) is 13.1. The SMILES string of the molecule is COCCOCCOc1ccccc1C1C2c3ccccc3C(c3ccccc32)C1C(=O)Oc1c(F)c(F)c(S(=O)(=O)O)c(F)c1F. The molecule has 0 aliphatic heterocycles. The fourth-order valence-corrected chi connectivity index (χ4v) is 7.38. The molecule has 8 nitrogen and oxygen atoms in total. The van der Waals surface area contributed by atoms with Crippen molar-refractivity contribution in [3.8, 4) is 11.5 Å². The van der Waals surface area contributed by atoms with E-state index in [-0.39, 0.29) is 13.2 Å². The van der Waals surface area contributed by atoms with Gasteiger partial charge in [-0.15, -0.1) is 0 Å². The minimum Gasteiger partial charge on any atom is -0.491 e. The fraction of sp³-hybridized carbons (Fsp3) is 0.265. The molecule has 3 aliphatic carbocycles. The first-order valence-electron chi connectivity index (χ1n) is 14.6. The van der Waals surface area contributed by atoms with Crippen molar-refractivity contribution in [1.82, 2.24) is 0 Å². The van der Waals surface area contributed by atoms with E-state index in [4.69, 9.17) is 23.5 Å². The Balaban J connectivity index is 1.47. The number of hydrogen-bond donors (Lipinski definition) is 1. The van der Waals surface area contributed by atoms with Gasteiger partial charge in [-0.05, 0) is 33.9 Å². The third kappa shape index (κ3) is 5.77. The van der Waals surface area contributed by atoms with E-state index in [1.165, 1.54) is 0 Å². The normalized spacial score (nSPS) is 19.6. The summed E-state index contributed by atoms with van der Waals surface area (Å²) < 4.78 is 113. The molecule has 2 unspecified atom stereocenters. The van der Waals surface area contributed by atoms with Crippen molar-refractivity contribution in [1.29, 1.82) is 0 Å². The molecule has 0 aromatic heterocycles. The molecule has 1 N–H and O–H groups in total. The molecule has 0 fully saturated rings. The Labute approximate surface area is 267 Å². The summed E-state index contributed by atoms with van der Waals surface area (Å²) in [4.78, 5) is 12.0. The van der Waals surface area contributed by atoms with Gasteiger partial charge in [-0.3, -0.25) is 9.35 Å². The first kappa shape index (κ1) is 32.6. The molecule has 47 heavy (non-hydrogen) atoms. The molecule has 4 aromatic carbocycles. The van der Waals surface area contributed by atoms with Gasteiger partial charge in [-0.2, -0.15) is 17.2 Å². The van der Waals surface area contributed by atoms with Crippen molar-refractivity contribution in [2.45, 2.75) is 22.6 Å². The number of hydrogen-bond acceptors (Lipinski definition) is 7. The van der Waals surface area contributed by atoms with Crippen LogP contribution in [0.1, 0.15) is 45.6 Å². The fourth-order valence-electron chi connectivity index (χ4n) is 6.75. The van der Waals surface area contributed by atoms with Gasteiger partial charge in [0.25, 0.3) is 0 Å². The number of fused-ring (bicyclic) bond motifs is 1. The van der Waals surface area contributed by atoms with E-state index in [1.54, 1.807) is 43.5 Å². The summed E-state index contributed by atoms with van der Waals surface area (Å²) in [5, 5.41) is 0. The second-order valence-electron chi connectivity index (χ2n) is 11.1. The number of carbonyl (C=O) groups is 1. The maximum Gasteiger partial charge on any atom is 0.316 e. The lowest BCUT2D eigenvalue weighted by atomic mass is 9.53. The van der Waals surface area contributed by atoms with E-state index in [2.05, 4.69) is 0 Å². The Bertz CT molecular complexity index is 1870. The largest absolute Gasteiger partial charge is 0.491 e. The lowest BCUT2D eigenvalue weighted by molar-refractivity contribution is -0.141. The van der Waals surface area contributed by atoms with Gasteiger partial charge >= 0.3 is 16.1 Å². The summed E-state index contributed by atoms with van der Waals surface area (Å²) in [6, 6.07) is 21.8. The molecular formula is C34H28F4O8S. The quantitative estimate of drug-likeness (QED) is 0.0507. The summed E-state index contributed by atoms with van der Waals surface area (Å²) in [5.41, 5.74) is 3.92. The zero-order valence-corrected chi connectivity index (χ0v) is 25.6. The molecule has 0 spiro atoms. The molecule has 246 valence electrons. The highest BCUT2D eigenvalue weighted by Crippen LogP contribution is 2.62. The maximum atomic E-state index is 15.1. The van der Waals surface area contributed by atoms with Crippen LogP contribution in [0.3, 0.4) is 0 Å². The van der Waals surface area contributed by atoms with Crippen LogP contribution in [0.4, 0.5) is 17.6 Å². The van der Waals surface area contributed by atoms with Crippen molar-refractivity contribution in [3.63, 3.8) is 0 Å². The number of carbonyl (C=O) groups excluding carboxylic acids is 1. The van der Waals surface area contributed by atoms with Crippen LogP contribution in [0.2, 0.25) is 0 Å². The molecule has 0 amide bonds. The zero-order valence-electron chi connectivity index (χ0n) is 24.8. The third-order valence-electron chi connectivity index (χ3n) is 8.55. The Kier molecular flexibility index (Phi) is 9.07. The number of benzene rings is 4. The molecular weight excluding hydrogens is 644 g/mol. The Hall–Kier alpha value is -4.30. The van der Waals surface area contributed by atoms with Crippen LogP contribution in [0.15, 0.2) is 77.7 Å². The number of halogens is 4. The lowest BCUT2D eigenvalue weighted by Crippen LogP contribution is -2.44. The molecule has 2 bridgehead atoms. The monoisotopic (exact) mass is 672 g/mol. The first-order chi connectivity index (χ1) is 22.6. The summed E-state index contributed by atoms with van der Waals surface area (Å²) in [6.07, 6.45) is 0. The molecule has 0 radical (unpaired) electrons. The van der Waals surface area contributed by atoms with Gasteiger partial charge in [0, 0.05) is 24.9 Å². The number of methoxy groups -OCH3 is 1. The van der Waals surface area contributed by atoms with Gasteiger partial charge in [0.2, 0.25) is 17.4 Å². The van der Waals surface area contributed by atoms with E-state index >= 15 is 8.78 Å². The van der Waals surface area contributed by atoms with Crippen LogP contribution in [0.25, 0.3) is 0 Å². The predicted molar refractivity (Wildman–Crippen MR) is 159 cm³/mol. The average Bonchev–Trinajstić information content (AvgIpc) is 3.06. The third-order valence-corrected chi connectivity index (χ3v) is 9.42. The highest BCUT2D eigenvalue weighted by atomic mass is 32.2. The van der Waals surface area contributed by atoms with Gasteiger partial charge in [0.15, 0.2) is 16.5 Å². The molecule has 4 aromatic rings. The molecule has 2 atom stereocenters. The summed E-state index contributed by atoms with van der Waals surface area (Å²) in [6.45, 7) is 1.15. The minimum absolute atomic E-state index is 0.152. The number of esters is 1. The zero-order chi connectivity index (χ0) is 33.5. The minimum atomic E-state index is -5.71. The average molecular weight is 673 g/mol. The van der Waals surface area contributed by atoms with Crippen molar-refractivity contribution >= 4 is 16.1 Å². The van der Waals surface area contributed by atoms with Crippen LogP contribution in [-0.2, 0) is 24.4 Å². The smallest absolute Gasteiger partial charge is 0.316 e. The molecule has 3 aliphatic rings. The lowest BCUT2D eigenvalue weighted by Gasteiger charge is -2.50. The highest BCUT2D eigenvalue weighted by molar-refractivity contribution is 7.85. The molecule has 0 heterocycles. The van der Waals surface area contributed by atoms with Crippen LogP contribution < -0.4 is 9.47 Å². The van der Waals surface area contributed by atoms with E-state index in [0.29, 0.717) is 24.5 Å². The van der Waals surface area contributed by atoms with Gasteiger partial charge < -0.3 is 18.9 Å². The van der Waals surface area contributed by atoms with Gasteiger partial charge in [-0.1, -0.05) is 66.7 Å². The Morgan fingerprint density at radius 2 is 1.19 bits per heavy atom. The predicted octanol–water partition coefficient (Wildman–Crippen LogP) is 6.13. The second-order valence-corrected chi connectivity index (χ2v) is 12.4. The molecule has 7 rings (SSSR count). The van der Waals surface area contributed by atoms with Crippen molar-refractivity contribution in [2.24, 2.45) is 5.92 Å². The summed E-state index contributed by atoms with van der Waals surface area (Å²) >= 11 is 0. The van der Waals surface area contributed by atoms with E-state index in [9.17, 15) is 22.0 Å². The van der Waals surface area contributed by atoms with Crippen molar-refractivity contribution < 1.29 is 54.3 Å².